The van der Waals surface area contributed by atoms with Gasteiger partial charge in [-0.3, -0.25) is 19.8 Å². The minimum atomic E-state index is -0.515. The maximum absolute atomic E-state index is 13.0. The summed E-state index contributed by atoms with van der Waals surface area (Å²) in [6.45, 7) is 0.319. The van der Waals surface area contributed by atoms with Crippen LogP contribution in [-0.4, -0.2) is 15.8 Å². The number of hydrogen-bond donors (Lipinski definition) is 0. The topological polar surface area (TPSA) is 76.3 Å². The molecule has 0 bridgehead atoms. The van der Waals surface area contributed by atoms with Crippen molar-refractivity contribution in [1.82, 2.24) is 4.98 Å². The Balaban J connectivity index is 1.97. The fraction of sp³-hybridized carbons (Fsp3) is 0.0526. The largest absolute Gasteiger partial charge is 0.288 e. The molecule has 0 aliphatic carbocycles. The van der Waals surface area contributed by atoms with E-state index in [1.807, 2.05) is 30.3 Å². The van der Waals surface area contributed by atoms with Crippen molar-refractivity contribution >= 4 is 17.4 Å². The summed E-state index contributed by atoms with van der Waals surface area (Å²) in [5.74, 6) is 0.147. The lowest BCUT2D eigenvalue weighted by molar-refractivity contribution is -0.384. The number of rotatable bonds is 5. The Hall–Kier alpha value is -3.54. The lowest BCUT2D eigenvalue weighted by Crippen LogP contribution is -2.31. The molecular weight excluding hydrogens is 318 g/mol. The minimum Gasteiger partial charge on any atom is -0.288 e. The zero-order chi connectivity index (χ0) is 17.6. The van der Waals surface area contributed by atoms with Crippen LogP contribution in [0.5, 0.6) is 0 Å². The van der Waals surface area contributed by atoms with Crippen molar-refractivity contribution in [3.05, 3.63) is 100 Å². The van der Waals surface area contributed by atoms with Gasteiger partial charge in [0.1, 0.15) is 5.82 Å². The molecule has 0 spiro atoms. The normalized spacial score (nSPS) is 10.2. The zero-order valence-corrected chi connectivity index (χ0v) is 13.3. The van der Waals surface area contributed by atoms with Gasteiger partial charge in [0.15, 0.2) is 0 Å². The highest BCUT2D eigenvalue weighted by Gasteiger charge is 2.21. The van der Waals surface area contributed by atoms with Gasteiger partial charge in [-0.1, -0.05) is 42.5 Å². The summed E-state index contributed by atoms with van der Waals surface area (Å²) in [6.07, 6.45) is 1.61. The number of nitro benzene ring substituents is 1. The van der Waals surface area contributed by atoms with Crippen LogP contribution in [0.15, 0.2) is 79.0 Å². The number of anilines is 1. The number of pyridine rings is 1. The lowest BCUT2D eigenvalue weighted by Gasteiger charge is -2.22. The summed E-state index contributed by atoms with van der Waals surface area (Å²) in [4.78, 5) is 29.2. The van der Waals surface area contributed by atoms with Gasteiger partial charge in [0.05, 0.1) is 11.5 Å². The molecule has 0 saturated carbocycles. The van der Waals surface area contributed by atoms with Crippen LogP contribution in [0.4, 0.5) is 11.5 Å². The smallest absolute Gasteiger partial charge is 0.270 e. The van der Waals surface area contributed by atoms with Crippen LogP contribution in [0, 0.1) is 10.1 Å². The molecule has 0 N–H and O–H groups in total. The quantitative estimate of drug-likeness (QED) is 0.525. The predicted octanol–water partition coefficient (Wildman–Crippen LogP) is 3.84. The summed E-state index contributed by atoms with van der Waals surface area (Å²) >= 11 is 0. The van der Waals surface area contributed by atoms with Crippen molar-refractivity contribution in [1.29, 1.82) is 0 Å². The Labute approximate surface area is 144 Å². The van der Waals surface area contributed by atoms with E-state index in [9.17, 15) is 14.9 Å². The molecule has 1 aromatic heterocycles. The van der Waals surface area contributed by atoms with Crippen molar-refractivity contribution in [2.24, 2.45) is 0 Å². The molecule has 6 nitrogen and oxygen atoms in total. The van der Waals surface area contributed by atoms with Gasteiger partial charge in [-0.2, -0.15) is 0 Å². The van der Waals surface area contributed by atoms with Gasteiger partial charge in [-0.25, -0.2) is 4.98 Å². The van der Waals surface area contributed by atoms with Gasteiger partial charge in [0, 0.05) is 23.9 Å². The van der Waals surface area contributed by atoms with Gasteiger partial charge >= 0.3 is 0 Å². The second-order valence-electron chi connectivity index (χ2n) is 5.37. The van der Waals surface area contributed by atoms with Gasteiger partial charge in [-0.15, -0.1) is 0 Å². The molecule has 0 aliphatic heterocycles. The first kappa shape index (κ1) is 16.3. The molecule has 25 heavy (non-hydrogen) atoms. The fourth-order valence-electron chi connectivity index (χ4n) is 2.44. The number of carbonyl (C=O) groups excluding carboxylic acids is 1. The standard InChI is InChI=1S/C19H15N3O3/c23-19(16-9-6-10-17(13-16)22(24)25)21(18-11-4-5-12-20-18)14-15-7-2-1-3-8-15/h1-13H,14H2. The van der Waals surface area contributed by atoms with E-state index in [1.54, 1.807) is 30.5 Å². The Morgan fingerprint density at radius 2 is 1.76 bits per heavy atom. The number of nitrogens with zero attached hydrogens (tertiary/aromatic N) is 3. The summed E-state index contributed by atoms with van der Waals surface area (Å²) in [5.41, 5.74) is 1.06. The second-order valence-corrected chi connectivity index (χ2v) is 5.37. The van der Waals surface area contributed by atoms with Crippen LogP contribution in [0.2, 0.25) is 0 Å². The number of carbonyl (C=O) groups is 1. The molecule has 0 unspecified atom stereocenters. The second kappa shape index (κ2) is 7.35. The molecule has 0 atom stereocenters. The van der Waals surface area contributed by atoms with Crippen molar-refractivity contribution in [3.8, 4) is 0 Å². The number of non-ortho nitro benzene ring substituents is 1. The number of nitro groups is 1. The van der Waals surface area contributed by atoms with Gasteiger partial charge in [0.25, 0.3) is 11.6 Å². The number of hydrogen-bond acceptors (Lipinski definition) is 4. The molecule has 0 radical (unpaired) electrons. The molecule has 1 heterocycles. The third-order valence-corrected chi connectivity index (χ3v) is 3.66. The minimum absolute atomic E-state index is 0.119. The molecule has 3 rings (SSSR count). The van der Waals surface area contributed by atoms with E-state index in [-0.39, 0.29) is 17.2 Å². The maximum atomic E-state index is 13.0. The van der Waals surface area contributed by atoms with Crippen molar-refractivity contribution < 1.29 is 9.72 Å². The van der Waals surface area contributed by atoms with E-state index in [0.717, 1.165) is 5.56 Å². The number of benzene rings is 2. The highest BCUT2D eigenvalue weighted by atomic mass is 16.6. The molecule has 6 heteroatoms. The summed E-state index contributed by atoms with van der Waals surface area (Å²) < 4.78 is 0. The van der Waals surface area contributed by atoms with E-state index in [1.165, 1.54) is 23.1 Å². The summed E-state index contributed by atoms with van der Waals surface area (Å²) in [7, 11) is 0. The number of aromatic nitrogens is 1. The fourth-order valence-corrected chi connectivity index (χ4v) is 2.44. The highest BCUT2D eigenvalue weighted by Crippen LogP contribution is 2.20. The van der Waals surface area contributed by atoms with E-state index in [2.05, 4.69) is 4.98 Å². The number of amides is 1. The van der Waals surface area contributed by atoms with Crippen molar-refractivity contribution in [2.75, 3.05) is 4.90 Å². The molecule has 3 aromatic rings. The monoisotopic (exact) mass is 333 g/mol. The van der Waals surface area contributed by atoms with Crippen LogP contribution in [-0.2, 0) is 6.54 Å². The first-order chi connectivity index (χ1) is 12.1. The van der Waals surface area contributed by atoms with Crippen molar-refractivity contribution in [3.63, 3.8) is 0 Å². The highest BCUT2D eigenvalue weighted by molar-refractivity contribution is 6.05. The third-order valence-electron chi connectivity index (χ3n) is 3.66. The Morgan fingerprint density at radius 1 is 1.00 bits per heavy atom. The molecule has 2 aromatic carbocycles. The average Bonchev–Trinajstić information content (AvgIpc) is 2.67. The molecule has 0 saturated heterocycles. The first-order valence-corrected chi connectivity index (χ1v) is 7.66. The van der Waals surface area contributed by atoms with Crippen LogP contribution >= 0.6 is 0 Å². The van der Waals surface area contributed by atoms with Gasteiger partial charge in [0.2, 0.25) is 0 Å². The lowest BCUT2D eigenvalue weighted by atomic mass is 10.1. The van der Waals surface area contributed by atoms with Crippen LogP contribution in [0.1, 0.15) is 15.9 Å². The Kier molecular flexibility index (Phi) is 4.80. The van der Waals surface area contributed by atoms with Gasteiger partial charge < -0.3 is 0 Å². The van der Waals surface area contributed by atoms with E-state index in [4.69, 9.17) is 0 Å². The molecule has 124 valence electrons. The SMILES string of the molecule is O=C(c1cccc([N+](=O)[O-])c1)N(Cc1ccccc1)c1ccccn1. The van der Waals surface area contributed by atoms with Crippen LogP contribution in [0.3, 0.4) is 0 Å². The average molecular weight is 333 g/mol. The zero-order valence-electron chi connectivity index (χ0n) is 13.3. The third kappa shape index (κ3) is 3.87. The van der Waals surface area contributed by atoms with Crippen LogP contribution < -0.4 is 4.90 Å². The van der Waals surface area contributed by atoms with E-state index < -0.39 is 4.92 Å². The van der Waals surface area contributed by atoms with Crippen molar-refractivity contribution in [2.45, 2.75) is 6.54 Å². The summed E-state index contributed by atoms with van der Waals surface area (Å²) in [6, 6.07) is 20.5. The predicted molar refractivity (Wildman–Crippen MR) is 94.3 cm³/mol. The Morgan fingerprint density at radius 3 is 2.44 bits per heavy atom. The maximum Gasteiger partial charge on any atom is 0.270 e. The molecule has 0 aliphatic rings. The first-order valence-electron chi connectivity index (χ1n) is 7.66. The molecule has 0 fully saturated rings. The van der Waals surface area contributed by atoms with Crippen LogP contribution in [0.25, 0.3) is 0 Å². The van der Waals surface area contributed by atoms with E-state index >= 15 is 0 Å². The molecule has 1 amide bonds. The molecular formula is C19H15N3O3. The van der Waals surface area contributed by atoms with Gasteiger partial charge in [-0.05, 0) is 23.8 Å². The Bertz CT molecular complexity index is 883. The van der Waals surface area contributed by atoms with E-state index in [0.29, 0.717) is 12.4 Å². The summed E-state index contributed by atoms with van der Waals surface area (Å²) in [5, 5.41) is 11.0.